The molecule has 52 heavy (non-hydrogen) atoms. The summed E-state index contributed by atoms with van der Waals surface area (Å²) in [6.45, 7) is 1.51. The van der Waals surface area contributed by atoms with Gasteiger partial charge in [0.05, 0.1) is 34.9 Å². The zero-order valence-electron chi connectivity index (χ0n) is 26.6. The number of carbonyl (C=O) groups is 4. The molecule has 0 aliphatic heterocycles. The predicted octanol–water partition coefficient (Wildman–Crippen LogP) is 10.2. The van der Waals surface area contributed by atoms with Crippen LogP contribution in [0.25, 0.3) is 27.1 Å². The second-order valence-corrected chi connectivity index (χ2v) is 11.0. The van der Waals surface area contributed by atoms with E-state index in [0.717, 1.165) is 22.9 Å². The zero-order chi connectivity index (χ0) is 38.8. The van der Waals surface area contributed by atoms with Gasteiger partial charge in [0.15, 0.2) is 11.6 Å². The van der Waals surface area contributed by atoms with E-state index in [0.29, 0.717) is 11.1 Å². The summed E-state index contributed by atoms with van der Waals surface area (Å²) in [5, 5.41) is 10.7. The summed E-state index contributed by atoms with van der Waals surface area (Å²) in [4.78, 5) is 47.2. The third kappa shape index (κ3) is 8.48. The van der Waals surface area contributed by atoms with Crippen LogP contribution in [0.4, 0.5) is 39.5 Å². The van der Waals surface area contributed by atoms with Gasteiger partial charge in [-0.15, -0.1) is 0 Å². The van der Waals surface area contributed by atoms with Gasteiger partial charge >= 0.3 is 30.5 Å². The van der Waals surface area contributed by atoms with E-state index in [4.69, 9.17) is 4.74 Å². The van der Waals surface area contributed by atoms with Crippen molar-refractivity contribution in [2.75, 3.05) is 7.11 Å². The molecule has 0 fully saturated rings. The SMILES string of the molecule is COC(=O)c1ccc(C(C)=O)c2ccccc12.O=C(O)c1ccc(C(=O)C=C(c2cc(C(F)(F)F)cc(C(F)(F)F)c2)C(F)(F)F)c2ccccc12. The highest BCUT2D eigenvalue weighted by molar-refractivity contribution is 6.18. The van der Waals surface area contributed by atoms with Crippen LogP contribution >= 0.6 is 0 Å². The first-order valence-electron chi connectivity index (χ1n) is 14.6. The highest BCUT2D eigenvalue weighted by atomic mass is 19.4. The molecule has 6 nitrogen and oxygen atoms in total. The molecule has 0 atom stereocenters. The lowest BCUT2D eigenvalue weighted by molar-refractivity contribution is -0.143. The average molecular weight is 735 g/mol. The fourth-order valence-corrected chi connectivity index (χ4v) is 5.24. The topological polar surface area (TPSA) is 97.7 Å². The van der Waals surface area contributed by atoms with Gasteiger partial charge in [0.2, 0.25) is 0 Å². The number of esters is 1. The lowest BCUT2D eigenvalue weighted by Gasteiger charge is -2.17. The van der Waals surface area contributed by atoms with E-state index < -0.39 is 64.1 Å². The van der Waals surface area contributed by atoms with E-state index in [1.165, 1.54) is 38.3 Å². The molecule has 0 aliphatic rings. The summed E-state index contributed by atoms with van der Waals surface area (Å²) in [6, 6.07) is 17.2. The van der Waals surface area contributed by atoms with Crippen molar-refractivity contribution in [3.63, 3.8) is 0 Å². The Labute approximate surface area is 287 Å². The fraction of sp³-hybridized carbons (Fsp3) is 0.135. The van der Waals surface area contributed by atoms with Crippen LogP contribution in [0.1, 0.15) is 65.0 Å². The third-order valence-electron chi connectivity index (χ3n) is 7.61. The number of carboxylic acids is 1. The number of allylic oxidation sites excluding steroid dienone is 2. The van der Waals surface area contributed by atoms with Gasteiger partial charge in [0, 0.05) is 11.1 Å². The molecule has 0 heterocycles. The molecule has 0 radical (unpaired) electrons. The lowest BCUT2D eigenvalue weighted by atomic mass is 9.94. The van der Waals surface area contributed by atoms with Crippen LogP contribution in [-0.4, -0.2) is 41.9 Å². The number of hydrogen-bond acceptors (Lipinski definition) is 5. The van der Waals surface area contributed by atoms with E-state index in [1.807, 2.05) is 24.3 Å². The molecule has 0 amide bonds. The van der Waals surface area contributed by atoms with Gasteiger partial charge in [0.25, 0.3) is 0 Å². The molecule has 1 N–H and O–H groups in total. The number of rotatable bonds is 6. The minimum atomic E-state index is -5.51. The number of alkyl halides is 9. The molecule has 0 unspecified atom stereocenters. The molecule has 0 aromatic heterocycles. The number of Topliss-reactive ketones (excluding diaryl/α,β-unsaturated/α-hetero) is 1. The van der Waals surface area contributed by atoms with Gasteiger partial charge in [0.1, 0.15) is 0 Å². The van der Waals surface area contributed by atoms with Crippen molar-refractivity contribution in [2.45, 2.75) is 25.5 Å². The van der Waals surface area contributed by atoms with Crippen LogP contribution in [0.3, 0.4) is 0 Å². The number of hydrogen-bond donors (Lipinski definition) is 1. The number of ketones is 2. The number of carboxylic acid groups (broad SMARTS) is 1. The Morgan fingerprint density at radius 3 is 1.42 bits per heavy atom. The minimum Gasteiger partial charge on any atom is -0.478 e. The minimum absolute atomic E-state index is 0.00812. The van der Waals surface area contributed by atoms with Crippen molar-refractivity contribution >= 4 is 50.6 Å². The third-order valence-corrected chi connectivity index (χ3v) is 7.61. The summed E-state index contributed by atoms with van der Waals surface area (Å²) in [5.74, 6) is -3.21. The highest BCUT2D eigenvalue weighted by Crippen LogP contribution is 2.41. The average Bonchev–Trinajstić information content (AvgIpc) is 3.07. The summed E-state index contributed by atoms with van der Waals surface area (Å²) in [5.41, 5.74) is -7.13. The van der Waals surface area contributed by atoms with Crippen LogP contribution in [0.2, 0.25) is 0 Å². The van der Waals surface area contributed by atoms with Crippen LogP contribution in [0, 0.1) is 0 Å². The Balaban J connectivity index is 0.000000296. The van der Waals surface area contributed by atoms with E-state index in [-0.39, 0.29) is 46.4 Å². The van der Waals surface area contributed by atoms with Crippen molar-refractivity contribution < 1.29 is 68.5 Å². The summed E-state index contributed by atoms with van der Waals surface area (Å²) < 4.78 is 125. The van der Waals surface area contributed by atoms with Crippen molar-refractivity contribution in [3.8, 4) is 0 Å². The normalized spacial score (nSPS) is 12.2. The second-order valence-electron chi connectivity index (χ2n) is 11.0. The molecule has 0 spiro atoms. The number of benzene rings is 5. The van der Waals surface area contributed by atoms with Crippen molar-refractivity contribution in [2.24, 2.45) is 0 Å². The standard InChI is InChI=1S/C23H11F9O3.C14H12O3/c24-21(25,26)12-7-11(8-13(9-12)22(27,28)29)18(23(30,31)32)10-19(33)16-5-6-17(20(34)35)15-4-2-1-3-14(15)16;1-9(15)10-7-8-13(14(16)17-2)12-6-4-3-5-11(10)12/h1-10H,(H,34,35);3-8H,1-2H3. The van der Waals surface area contributed by atoms with Gasteiger partial charge in [-0.25, -0.2) is 9.59 Å². The Morgan fingerprint density at radius 2 is 1.00 bits per heavy atom. The Bertz CT molecular complexity index is 2220. The molecule has 0 saturated heterocycles. The largest absolute Gasteiger partial charge is 0.478 e. The maximum atomic E-state index is 13.8. The number of fused-ring (bicyclic) bond motifs is 2. The van der Waals surface area contributed by atoms with Gasteiger partial charge in [-0.2, -0.15) is 39.5 Å². The Kier molecular flexibility index (Phi) is 11.0. The molecular formula is C37H23F9O6. The molecule has 5 aromatic rings. The quantitative estimate of drug-likeness (QED) is 0.0807. The Morgan fingerprint density at radius 1 is 0.596 bits per heavy atom. The molecule has 0 saturated carbocycles. The number of halogens is 9. The van der Waals surface area contributed by atoms with Crippen LogP contribution in [0.15, 0.2) is 97.1 Å². The van der Waals surface area contributed by atoms with Crippen LogP contribution < -0.4 is 0 Å². The highest BCUT2D eigenvalue weighted by Gasteiger charge is 2.41. The predicted molar refractivity (Wildman–Crippen MR) is 171 cm³/mol. The maximum absolute atomic E-state index is 13.8. The first kappa shape index (κ1) is 38.8. The van der Waals surface area contributed by atoms with Gasteiger partial charge in [-0.05, 0) is 82.6 Å². The smallest absolute Gasteiger partial charge is 0.417 e. The number of ether oxygens (including phenoxy) is 1. The molecule has 15 heteroatoms. The maximum Gasteiger partial charge on any atom is 0.417 e. The molecular weight excluding hydrogens is 711 g/mol. The molecule has 5 rings (SSSR count). The Hall–Kier alpha value is -5.99. The van der Waals surface area contributed by atoms with E-state index in [1.54, 1.807) is 12.1 Å². The first-order valence-corrected chi connectivity index (χ1v) is 14.6. The van der Waals surface area contributed by atoms with Gasteiger partial charge in [-0.3, -0.25) is 9.59 Å². The fourth-order valence-electron chi connectivity index (χ4n) is 5.24. The van der Waals surface area contributed by atoms with Crippen LogP contribution in [-0.2, 0) is 17.1 Å². The summed E-state index contributed by atoms with van der Waals surface area (Å²) in [6.07, 6.45) is -16.4. The monoisotopic (exact) mass is 734 g/mol. The van der Waals surface area contributed by atoms with Gasteiger partial charge < -0.3 is 9.84 Å². The van der Waals surface area contributed by atoms with E-state index >= 15 is 0 Å². The van der Waals surface area contributed by atoms with E-state index in [2.05, 4.69) is 0 Å². The molecule has 0 aliphatic carbocycles. The van der Waals surface area contributed by atoms with Crippen LogP contribution in [0.5, 0.6) is 0 Å². The number of aromatic carboxylic acids is 1. The first-order chi connectivity index (χ1) is 24.1. The van der Waals surface area contributed by atoms with Crippen molar-refractivity contribution in [1.29, 1.82) is 0 Å². The number of carbonyl (C=O) groups excluding carboxylic acids is 3. The second kappa shape index (κ2) is 14.7. The lowest BCUT2D eigenvalue weighted by Crippen LogP contribution is -2.16. The van der Waals surface area contributed by atoms with E-state index in [9.17, 15) is 63.8 Å². The molecule has 0 bridgehead atoms. The molecule has 270 valence electrons. The van der Waals surface area contributed by atoms with Gasteiger partial charge in [-0.1, -0.05) is 48.5 Å². The molecule has 5 aromatic carbocycles. The summed E-state index contributed by atoms with van der Waals surface area (Å²) >= 11 is 0. The van der Waals surface area contributed by atoms with Crippen molar-refractivity contribution in [1.82, 2.24) is 0 Å². The number of methoxy groups -OCH3 is 1. The summed E-state index contributed by atoms with van der Waals surface area (Å²) in [7, 11) is 1.34. The van der Waals surface area contributed by atoms with Crippen molar-refractivity contribution in [3.05, 3.63) is 136 Å². The zero-order valence-corrected chi connectivity index (χ0v) is 26.6.